The number of hydrogen-bond acceptors (Lipinski definition) is 12. The fourth-order valence-corrected chi connectivity index (χ4v) is 7.21. The molecule has 68 heavy (non-hydrogen) atoms. The molecule has 1 saturated heterocycles. The van der Waals surface area contributed by atoms with Gasteiger partial charge in [-0.2, -0.15) is 0 Å². The molecule has 8 atom stereocenters. The standard InChI is InChI=1S/C44H76N12O12.4H2/c1-21(2)17-29-41(65)49-26(10-14-34(46)58)38(62)54-31(19-23(5)6)43(67)51-28(12-16-36(48)60)40(64)56-32(20-24(7)8)44(68)52-27(11-15-35(47)59)39(63)55-30(18-22(3)4)42(66)50-25(37(61)53-29)9-13-33(45)57;;;;/h21-32H,9-20H2,1-8H3,(H2,45,57)(H2,46,58)(H2,47,59)(H2,48,60)(H,49,65)(H,50,66)(H,51,67)(H,52,68)(H,53,61)(H,54,62)(H,55,63)(H,56,64);4*1H/i;4*1+1. The van der Waals surface area contributed by atoms with Crippen LogP contribution in [-0.2, 0) is 57.5 Å². The second kappa shape index (κ2) is 29.4. The van der Waals surface area contributed by atoms with E-state index in [4.69, 9.17) is 22.9 Å². The maximum atomic E-state index is 14.1. The topological polar surface area (TPSA) is 405 Å². The molecule has 8 unspecified atom stereocenters. The lowest BCUT2D eigenvalue weighted by Gasteiger charge is -2.30. The highest BCUT2D eigenvalue weighted by Gasteiger charge is 2.37. The van der Waals surface area contributed by atoms with Gasteiger partial charge < -0.3 is 65.5 Å². The first-order valence-electron chi connectivity index (χ1n) is 23.2. The fourth-order valence-electron chi connectivity index (χ4n) is 7.21. The predicted octanol–water partition coefficient (Wildman–Crippen LogP) is -1.89. The van der Waals surface area contributed by atoms with Crippen molar-refractivity contribution in [2.24, 2.45) is 46.6 Å². The summed E-state index contributed by atoms with van der Waals surface area (Å²) >= 11 is 0. The van der Waals surface area contributed by atoms with Gasteiger partial charge in [-0.3, -0.25) is 57.5 Å². The highest BCUT2D eigenvalue weighted by Crippen LogP contribution is 2.14. The molecule has 0 aliphatic carbocycles. The van der Waals surface area contributed by atoms with E-state index in [0.717, 1.165) is 0 Å². The van der Waals surface area contributed by atoms with Gasteiger partial charge in [0, 0.05) is 31.4 Å². The van der Waals surface area contributed by atoms with Gasteiger partial charge in [-0.25, -0.2) is 0 Å². The molecule has 0 bridgehead atoms. The van der Waals surface area contributed by atoms with E-state index in [1.807, 2.05) is 0 Å². The lowest BCUT2D eigenvalue weighted by Crippen LogP contribution is -2.61. The van der Waals surface area contributed by atoms with Gasteiger partial charge in [0.15, 0.2) is 0 Å². The Morgan fingerprint density at radius 3 is 0.588 bits per heavy atom. The Balaban J connectivity index is -0.00000578. The number of rotatable bonds is 20. The van der Waals surface area contributed by atoms with E-state index in [2.05, 4.69) is 42.5 Å². The van der Waals surface area contributed by atoms with Crippen molar-refractivity contribution < 1.29 is 63.2 Å². The molecule has 1 heterocycles. The average molecular weight is 977 g/mol. The van der Waals surface area contributed by atoms with Gasteiger partial charge in [-0.15, -0.1) is 0 Å². The summed E-state index contributed by atoms with van der Waals surface area (Å²) in [6.07, 6.45) is -3.08. The van der Waals surface area contributed by atoms with E-state index in [-0.39, 0.29) is 80.7 Å². The third-order valence-corrected chi connectivity index (χ3v) is 10.6. The zero-order chi connectivity index (χ0) is 52.0. The van der Waals surface area contributed by atoms with Crippen molar-refractivity contribution in [1.82, 2.24) is 42.5 Å². The average Bonchev–Trinajstić information content (AvgIpc) is 3.20. The van der Waals surface area contributed by atoms with Crippen LogP contribution < -0.4 is 65.5 Å². The Kier molecular flexibility index (Phi) is 25.8. The number of primary amides is 4. The van der Waals surface area contributed by atoms with Crippen LogP contribution in [-0.4, -0.2) is 119 Å². The van der Waals surface area contributed by atoms with Gasteiger partial charge in [0.1, 0.15) is 48.3 Å². The van der Waals surface area contributed by atoms with E-state index >= 15 is 0 Å². The number of nitrogens with one attached hydrogen (secondary N) is 8. The molecule has 0 aromatic carbocycles. The lowest BCUT2D eigenvalue weighted by atomic mass is 9.99. The molecule has 24 heteroatoms. The molecule has 0 spiro atoms. The molecule has 0 radical (unpaired) electrons. The van der Waals surface area contributed by atoms with Crippen molar-refractivity contribution in [3.63, 3.8) is 0 Å². The third kappa shape index (κ3) is 23.4. The summed E-state index contributed by atoms with van der Waals surface area (Å²) in [7, 11) is 0. The summed E-state index contributed by atoms with van der Waals surface area (Å²) in [5.41, 5.74) is 21.7. The molecule has 392 valence electrons. The van der Waals surface area contributed by atoms with E-state index in [1.54, 1.807) is 55.4 Å². The first-order valence-corrected chi connectivity index (χ1v) is 23.2. The third-order valence-electron chi connectivity index (χ3n) is 10.6. The quantitative estimate of drug-likeness (QED) is 0.0637. The number of carbonyl (C=O) groups excluding carboxylic acids is 12. The molecule has 24 nitrogen and oxygen atoms in total. The van der Waals surface area contributed by atoms with Crippen LogP contribution in [0.2, 0.25) is 0 Å². The van der Waals surface area contributed by atoms with Crippen molar-refractivity contribution in [3.8, 4) is 0 Å². The smallest absolute Gasteiger partial charge is 0.243 e. The van der Waals surface area contributed by atoms with Gasteiger partial charge in [-0.1, -0.05) is 55.4 Å². The Bertz CT molecular complexity index is 1590. The van der Waals surface area contributed by atoms with Gasteiger partial charge in [0.25, 0.3) is 0 Å². The summed E-state index contributed by atoms with van der Waals surface area (Å²) in [5, 5.41) is 20.5. The van der Waals surface area contributed by atoms with Crippen molar-refractivity contribution in [1.29, 1.82) is 0 Å². The Hall–Kier alpha value is -6.36. The zero-order valence-corrected chi connectivity index (χ0v) is 40.6. The summed E-state index contributed by atoms with van der Waals surface area (Å²) < 4.78 is 0. The number of nitrogens with two attached hydrogens (primary N) is 4. The minimum absolute atomic E-state index is 0. The van der Waals surface area contributed by atoms with Gasteiger partial charge in [0.2, 0.25) is 70.9 Å². The molecular weight excluding hydrogens is 889 g/mol. The van der Waals surface area contributed by atoms with Crippen LogP contribution in [0.1, 0.15) is 138 Å². The summed E-state index contributed by atoms with van der Waals surface area (Å²) in [4.78, 5) is 160. The van der Waals surface area contributed by atoms with Crippen LogP contribution in [0.4, 0.5) is 0 Å². The second-order valence-electron chi connectivity index (χ2n) is 19.0. The fraction of sp³-hybridized carbons (Fsp3) is 0.727. The normalized spacial score (nSPS) is 24.4. The van der Waals surface area contributed by atoms with Crippen molar-refractivity contribution >= 4 is 70.9 Å². The summed E-state index contributed by atoms with van der Waals surface area (Å²) in [6.45, 7) is 13.9. The van der Waals surface area contributed by atoms with Crippen LogP contribution in [0.15, 0.2) is 0 Å². The Labute approximate surface area is 403 Å². The Morgan fingerprint density at radius 1 is 0.324 bits per heavy atom. The summed E-state index contributed by atoms with van der Waals surface area (Å²) in [6, 6.07) is -11.6. The van der Waals surface area contributed by atoms with Crippen molar-refractivity contribution in [2.75, 3.05) is 0 Å². The monoisotopic (exact) mass is 977 g/mol. The maximum Gasteiger partial charge on any atom is 0.243 e. The molecule has 16 N–H and O–H groups in total. The highest BCUT2D eigenvalue weighted by molar-refractivity contribution is 5.99. The van der Waals surface area contributed by atoms with E-state index in [0.29, 0.717) is 0 Å². The molecule has 0 aromatic heterocycles. The minimum Gasteiger partial charge on any atom is -0.370 e. The second-order valence-corrected chi connectivity index (χ2v) is 19.0. The van der Waals surface area contributed by atoms with Gasteiger partial charge >= 0.3 is 0 Å². The summed E-state index contributed by atoms with van der Waals surface area (Å²) in [5.74, 6) is -11.7. The zero-order valence-electron chi connectivity index (χ0n) is 40.6. The van der Waals surface area contributed by atoms with Gasteiger partial charge in [0.05, 0.1) is 0 Å². The van der Waals surface area contributed by atoms with Crippen LogP contribution in [0, 0.1) is 23.7 Å². The van der Waals surface area contributed by atoms with Crippen LogP contribution in [0.5, 0.6) is 0 Å². The SMILES string of the molecule is CC(C)CC1NC(=O)C(CCC(N)=O)NC(=O)C(CC(C)C)NC(=O)C(CCC(N)=O)NC(=O)C(CC(C)C)NC(=O)C(CCC(N)=O)NC(=O)C(CC(C)C)NC(=O)C(CCC(N)=O)NC1=O.[2HH].[2HH].[2HH].[2HH]. The molecule has 1 rings (SSSR count). The van der Waals surface area contributed by atoms with Crippen molar-refractivity contribution in [3.05, 3.63) is 0 Å². The van der Waals surface area contributed by atoms with Crippen LogP contribution >= 0.6 is 0 Å². The number of amides is 12. The number of carbonyl (C=O) groups is 12. The van der Waals surface area contributed by atoms with Gasteiger partial charge in [-0.05, 0) is 75.0 Å². The lowest BCUT2D eigenvalue weighted by molar-refractivity contribution is -0.137. The van der Waals surface area contributed by atoms with E-state index in [1.165, 1.54) is 0 Å². The first kappa shape index (κ1) is 59.7. The molecular formula is C44H84N12O12. The van der Waals surface area contributed by atoms with E-state index < -0.39 is 145 Å². The highest BCUT2D eigenvalue weighted by atomic mass is 16.2. The predicted molar refractivity (Wildman–Crippen MR) is 255 cm³/mol. The molecule has 1 fully saturated rings. The maximum absolute atomic E-state index is 14.1. The van der Waals surface area contributed by atoms with Crippen molar-refractivity contribution in [2.45, 2.75) is 181 Å². The molecule has 1 aliphatic rings. The molecule has 0 aromatic rings. The molecule has 12 amide bonds. The largest absolute Gasteiger partial charge is 0.370 e. The van der Waals surface area contributed by atoms with Crippen LogP contribution in [0.25, 0.3) is 0 Å². The first-order chi connectivity index (χ1) is 31.6. The molecule has 1 aliphatic heterocycles. The van der Waals surface area contributed by atoms with Crippen LogP contribution in [0.3, 0.4) is 0 Å². The molecule has 0 saturated carbocycles. The minimum atomic E-state index is -1.52. The Morgan fingerprint density at radius 2 is 0.456 bits per heavy atom. The number of hydrogen-bond donors (Lipinski definition) is 12. The van der Waals surface area contributed by atoms with E-state index in [9.17, 15) is 57.5 Å².